The Kier molecular flexibility index (Phi) is 5.22. The highest BCUT2D eigenvalue weighted by Crippen LogP contribution is 2.41. The molecule has 0 aliphatic carbocycles. The molecule has 0 aliphatic rings. The Labute approximate surface area is 168 Å². The first kappa shape index (κ1) is 17.8. The third-order valence-corrected chi connectivity index (χ3v) is 5.22. The van der Waals surface area contributed by atoms with Crippen molar-refractivity contribution in [2.45, 2.75) is 12.1 Å². The number of hydrogen-bond donors (Lipinski definition) is 0. The largest absolute Gasteiger partial charge is 0.500 e. The van der Waals surface area contributed by atoms with E-state index in [0.29, 0.717) is 23.2 Å². The van der Waals surface area contributed by atoms with Crippen LogP contribution in [0.1, 0.15) is 22.5 Å². The van der Waals surface area contributed by atoms with E-state index in [-0.39, 0.29) is 0 Å². The first-order valence-corrected chi connectivity index (χ1v) is 9.87. The summed E-state index contributed by atoms with van der Waals surface area (Å²) in [6.45, 7) is 0.507. The standard InChI is InChI=1S/C23H19N2O.Al.2H/c26-18-22-24-16-17-25(22)23(19-10-4-1-5-11-19,20-12-6-2-7-13-20)21-14-8-3-9-15-21;;;/h1-17H,18H2;;;/q-1;+1;;. The van der Waals surface area contributed by atoms with Crippen LogP contribution in [0.2, 0.25) is 0 Å². The summed E-state index contributed by atoms with van der Waals surface area (Å²) in [6.07, 6.45) is 3.92. The third kappa shape index (κ3) is 3.13. The maximum absolute atomic E-state index is 5.59. The van der Waals surface area contributed by atoms with Gasteiger partial charge in [0.25, 0.3) is 0 Å². The summed E-state index contributed by atoms with van der Waals surface area (Å²) in [7, 11) is 0. The van der Waals surface area contributed by atoms with Crippen LogP contribution < -0.4 is 0 Å². The summed E-state index contributed by atoms with van der Waals surface area (Å²) in [5.41, 5.74) is 3.05. The van der Waals surface area contributed by atoms with Crippen molar-refractivity contribution in [3.05, 3.63) is 126 Å². The molecule has 4 rings (SSSR count). The van der Waals surface area contributed by atoms with Crippen LogP contribution in [0.5, 0.6) is 0 Å². The van der Waals surface area contributed by atoms with Crippen molar-refractivity contribution in [3.63, 3.8) is 0 Å². The molecule has 0 spiro atoms. The molecule has 0 aliphatic heterocycles. The minimum Gasteiger partial charge on any atom is -0.500 e. The molecule has 0 saturated heterocycles. The molecule has 0 saturated carbocycles. The van der Waals surface area contributed by atoms with E-state index in [0.717, 1.165) is 5.82 Å². The molecule has 0 N–H and O–H groups in total. The molecule has 4 aromatic rings. The quantitative estimate of drug-likeness (QED) is 0.382. The second-order valence-electron chi connectivity index (χ2n) is 6.45. The highest BCUT2D eigenvalue weighted by atomic mass is 27.1. The lowest BCUT2D eigenvalue weighted by atomic mass is 9.76. The van der Waals surface area contributed by atoms with Gasteiger partial charge in [-0.15, -0.1) is 0 Å². The molecular weight excluding hydrogens is 347 g/mol. The smallest absolute Gasteiger partial charge is 0.410 e. The van der Waals surface area contributed by atoms with Crippen molar-refractivity contribution >= 4 is 16.6 Å². The Bertz CT molecular complexity index is 888. The Balaban J connectivity index is 2.12. The molecule has 27 heavy (non-hydrogen) atoms. The number of aromatic nitrogens is 2. The lowest BCUT2D eigenvalue weighted by Crippen LogP contribution is -2.38. The zero-order chi connectivity index (χ0) is 18.5. The summed E-state index contributed by atoms with van der Waals surface area (Å²) >= 11 is 0.677. The number of benzene rings is 3. The van der Waals surface area contributed by atoms with Crippen LogP contribution in [0.4, 0.5) is 0 Å². The SMILES string of the molecule is [AlH2][O]Cc1nccn1C(c1ccccc1)(c1ccccc1)c1ccccc1. The minimum absolute atomic E-state index is 0.507. The van der Waals surface area contributed by atoms with Crippen LogP contribution in [0.3, 0.4) is 0 Å². The molecule has 3 aromatic carbocycles. The van der Waals surface area contributed by atoms with Crippen molar-refractivity contribution in [3.8, 4) is 0 Å². The van der Waals surface area contributed by atoms with Crippen LogP contribution >= 0.6 is 0 Å². The first-order valence-electron chi connectivity index (χ1n) is 9.05. The van der Waals surface area contributed by atoms with Crippen molar-refractivity contribution in [1.82, 2.24) is 9.55 Å². The Morgan fingerprint density at radius 1 is 0.741 bits per heavy atom. The van der Waals surface area contributed by atoms with E-state index in [4.69, 9.17) is 3.79 Å². The van der Waals surface area contributed by atoms with Gasteiger partial charge in [0, 0.05) is 12.4 Å². The lowest BCUT2D eigenvalue weighted by Gasteiger charge is -2.38. The molecular formula is C23H21AlN2O. The fourth-order valence-electron chi connectivity index (χ4n) is 3.83. The van der Waals surface area contributed by atoms with Gasteiger partial charge in [-0.05, 0) is 16.7 Å². The third-order valence-electron chi connectivity index (χ3n) is 4.93. The molecule has 1 heterocycles. The zero-order valence-electron chi connectivity index (χ0n) is 15.3. The monoisotopic (exact) mass is 368 g/mol. The number of hydrogen-bond acceptors (Lipinski definition) is 2. The van der Waals surface area contributed by atoms with Crippen LogP contribution in [0.15, 0.2) is 103 Å². The lowest BCUT2D eigenvalue weighted by molar-refractivity contribution is 0.309. The van der Waals surface area contributed by atoms with Crippen LogP contribution in [-0.4, -0.2) is 26.2 Å². The first-order chi connectivity index (χ1) is 13.4. The van der Waals surface area contributed by atoms with Gasteiger partial charge < -0.3 is 8.36 Å². The van der Waals surface area contributed by atoms with E-state index in [1.807, 2.05) is 6.20 Å². The zero-order valence-corrected chi connectivity index (χ0v) is 17.3. The van der Waals surface area contributed by atoms with Crippen LogP contribution in [0, 0.1) is 0 Å². The average molecular weight is 368 g/mol. The van der Waals surface area contributed by atoms with E-state index >= 15 is 0 Å². The van der Waals surface area contributed by atoms with Gasteiger partial charge in [0.15, 0.2) is 0 Å². The fourth-order valence-corrected chi connectivity index (χ4v) is 4.09. The molecule has 3 nitrogen and oxygen atoms in total. The minimum atomic E-state index is -0.518. The molecule has 0 unspecified atom stereocenters. The topological polar surface area (TPSA) is 27.1 Å². The Morgan fingerprint density at radius 3 is 1.59 bits per heavy atom. The highest BCUT2D eigenvalue weighted by Gasteiger charge is 2.39. The Hall–Kier alpha value is -2.64. The summed E-state index contributed by atoms with van der Waals surface area (Å²) in [6, 6.07) is 31.8. The molecule has 1 aromatic heterocycles. The second kappa shape index (κ2) is 7.94. The van der Waals surface area contributed by atoms with E-state index in [9.17, 15) is 0 Å². The number of imidazole rings is 1. The molecule has 0 bridgehead atoms. The van der Waals surface area contributed by atoms with E-state index in [1.165, 1.54) is 16.7 Å². The van der Waals surface area contributed by atoms with Crippen LogP contribution in [-0.2, 0) is 15.9 Å². The van der Waals surface area contributed by atoms with Gasteiger partial charge >= 0.3 is 16.6 Å². The van der Waals surface area contributed by atoms with Crippen molar-refractivity contribution < 1.29 is 3.79 Å². The highest BCUT2D eigenvalue weighted by molar-refractivity contribution is 5.97. The van der Waals surface area contributed by atoms with Gasteiger partial charge in [0.05, 0.1) is 6.61 Å². The van der Waals surface area contributed by atoms with Gasteiger partial charge in [-0.2, -0.15) is 0 Å². The predicted molar refractivity (Wildman–Crippen MR) is 110 cm³/mol. The maximum atomic E-state index is 5.59. The molecule has 0 radical (unpaired) electrons. The van der Waals surface area contributed by atoms with Gasteiger partial charge in [-0.25, -0.2) is 4.98 Å². The van der Waals surface area contributed by atoms with E-state index < -0.39 is 5.54 Å². The number of nitrogens with zero attached hydrogens (tertiary/aromatic N) is 2. The Morgan fingerprint density at radius 2 is 1.19 bits per heavy atom. The van der Waals surface area contributed by atoms with Gasteiger partial charge in [-0.1, -0.05) is 91.0 Å². The molecule has 0 atom stereocenters. The summed E-state index contributed by atoms with van der Waals surface area (Å²) in [4.78, 5) is 4.61. The van der Waals surface area contributed by atoms with Gasteiger partial charge in [0.2, 0.25) is 0 Å². The van der Waals surface area contributed by atoms with E-state index in [2.05, 4.69) is 107 Å². The van der Waals surface area contributed by atoms with Crippen molar-refractivity contribution in [1.29, 1.82) is 0 Å². The summed E-state index contributed by atoms with van der Waals surface area (Å²) in [5, 5.41) is 0. The van der Waals surface area contributed by atoms with E-state index in [1.54, 1.807) is 0 Å². The van der Waals surface area contributed by atoms with Gasteiger partial charge in [0.1, 0.15) is 11.4 Å². The second-order valence-corrected chi connectivity index (χ2v) is 7.03. The van der Waals surface area contributed by atoms with Crippen molar-refractivity contribution in [2.24, 2.45) is 0 Å². The van der Waals surface area contributed by atoms with Crippen LogP contribution in [0.25, 0.3) is 0 Å². The molecule has 132 valence electrons. The normalized spacial score (nSPS) is 11.4. The predicted octanol–water partition coefficient (Wildman–Crippen LogP) is 3.79. The fraction of sp³-hybridized carbons (Fsp3) is 0.0870. The van der Waals surface area contributed by atoms with Crippen molar-refractivity contribution in [2.75, 3.05) is 0 Å². The maximum Gasteiger partial charge on any atom is 0.410 e. The van der Waals surface area contributed by atoms with Gasteiger partial charge in [-0.3, -0.25) is 0 Å². The molecule has 4 heteroatoms. The summed E-state index contributed by atoms with van der Waals surface area (Å²) in [5.74, 6) is 0.918. The summed E-state index contributed by atoms with van der Waals surface area (Å²) < 4.78 is 7.84. The molecule has 0 fully saturated rings. The molecule has 0 amide bonds. The number of rotatable bonds is 6. The average Bonchev–Trinajstić information content (AvgIpc) is 3.20.